The summed E-state index contributed by atoms with van der Waals surface area (Å²) in [5, 5.41) is 9.67. The van der Waals surface area contributed by atoms with Gasteiger partial charge in [-0.1, -0.05) is 18.3 Å². The van der Waals surface area contributed by atoms with Gasteiger partial charge < -0.3 is 5.32 Å². The van der Waals surface area contributed by atoms with Gasteiger partial charge in [0.1, 0.15) is 0 Å². The number of hydrogen-bond donors (Lipinski definition) is 1. The fraction of sp³-hybridized carbons (Fsp3) is 0.500. The first-order valence-corrected chi connectivity index (χ1v) is 7.56. The highest BCUT2D eigenvalue weighted by Crippen LogP contribution is 2.23. The standard InChI is InChI=1S/C12H17N3S2/c1-3-9-5-6-10(17-9)7-11(13-4-2)12-8-16-15-14-12/h5-6,8,11,13H,3-4,7H2,1-2H3. The predicted octanol–water partition coefficient (Wildman–Crippen LogP) is 3.06. The van der Waals surface area contributed by atoms with E-state index in [1.54, 1.807) is 0 Å². The second-order valence-electron chi connectivity index (χ2n) is 3.87. The molecular weight excluding hydrogens is 250 g/mol. The van der Waals surface area contributed by atoms with Crippen LogP contribution in [-0.2, 0) is 12.8 Å². The second-order valence-corrected chi connectivity index (χ2v) is 5.73. The van der Waals surface area contributed by atoms with Gasteiger partial charge in [0.15, 0.2) is 0 Å². The van der Waals surface area contributed by atoms with Crippen molar-refractivity contribution in [1.29, 1.82) is 0 Å². The van der Waals surface area contributed by atoms with E-state index in [0.29, 0.717) is 6.04 Å². The van der Waals surface area contributed by atoms with Crippen LogP contribution in [0.25, 0.3) is 0 Å². The van der Waals surface area contributed by atoms with Crippen LogP contribution in [0.1, 0.15) is 35.3 Å². The Morgan fingerprint density at radius 2 is 2.12 bits per heavy atom. The third kappa shape index (κ3) is 3.34. The van der Waals surface area contributed by atoms with Crippen LogP contribution >= 0.6 is 22.9 Å². The molecule has 1 unspecified atom stereocenters. The number of likely N-dealkylation sites (N-methyl/N-ethyl adjacent to an activating group) is 1. The highest BCUT2D eigenvalue weighted by Gasteiger charge is 2.14. The molecule has 92 valence electrons. The van der Waals surface area contributed by atoms with E-state index in [2.05, 4.69) is 40.9 Å². The summed E-state index contributed by atoms with van der Waals surface area (Å²) in [5.74, 6) is 0. The number of aromatic nitrogens is 2. The Labute approximate surface area is 110 Å². The molecule has 0 bridgehead atoms. The molecule has 2 rings (SSSR count). The van der Waals surface area contributed by atoms with Crippen molar-refractivity contribution in [3.05, 3.63) is 33.0 Å². The van der Waals surface area contributed by atoms with Crippen LogP contribution in [-0.4, -0.2) is 16.1 Å². The molecule has 17 heavy (non-hydrogen) atoms. The topological polar surface area (TPSA) is 37.8 Å². The average molecular weight is 267 g/mol. The molecule has 0 radical (unpaired) electrons. The van der Waals surface area contributed by atoms with E-state index in [1.807, 2.05) is 16.7 Å². The zero-order valence-electron chi connectivity index (χ0n) is 10.1. The number of hydrogen-bond acceptors (Lipinski definition) is 5. The molecule has 0 fully saturated rings. The smallest absolute Gasteiger partial charge is 0.0928 e. The minimum absolute atomic E-state index is 0.294. The summed E-state index contributed by atoms with van der Waals surface area (Å²) in [6.45, 7) is 5.27. The lowest BCUT2D eigenvalue weighted by Gasteiger charge is -2.13. The molecule has 0 saturated carbocycles. The minimum Gasteiger partial charge on any atom is -0.309 e. The number of nitrogens with zero attached hydrogens (tertiary/aromatic N) is 2. The van der Waals surface area contributed by atoms with Crippen LogP contribution in [0.15, 0.2) is 17.5 Å². The van der Waals surface area contributed by atoms with Crippen LogP contribution < -0.4 is 5.32 Å². The summed E-state index contributed by atoms with van der Waals surface area (Å²) in [6, 6.07) is 4.75. The van der Waals surface area contributed by atoms with Gasteiger partial charge in [0.2, 0.25) is 0 Å². The van der Waals surface area contributed by atoms with Gasteiger partial charge in [-0.05, 0) is 36.6 Å². The van der Waals surface area contributed by atoms with Crippen molar-refractivity contribution in [2.45, 2.75) is 32.7 Å². The lowest BCUT2D eigenvalue weighted by Crippen LogP contribution is -2.23. The second kappa shape index (κ2) is 6.23. The van der Waals surface area contributed by atoms with Crippen LogP contribution in [0.5, 0.6) is 0 Å². The van der Waals surface area contributed by atoms with Crippen molar-refractivity contribution in [2.75, 3.05) is 6.54 Å². The lowest BCUT2D eigenvalue weighted by atomic mass is 10.1. The third-order valence-corrected chi connectivity index (χ3v) is 4.43. The molecule has 0 aliphatic carbocycles. The molecule has 1 N–H and O–H groups in total. The number of rotatable bonds is 6. The molecule has 0 spiro atoms. The summed E-state index contributed by atoms with van der Waals surface area (Å²) < 4.78 is 3.94. The molecule has 0 aliphatic heterocycles. The van der Waals surface area contributed by atoms with Crippen molar-refractivity contribution < 1.29 is 0 Å². The Balaban J connectivity index is 2.07. The maximum absolute atomic E-state index is 4.17. The normalized spacial score (nSPS) is 12.8. The molecule has 2 heterocycles. The van der Waals surface area contributed by atoms with E-state index in [9.17, 15) is 0 Å². The van der Waals surface area contributed by atoms with E-state index in [1.165, 1.54) is 21.3 Å². The van der Waals surface area contributed by atoms with Crippen LogP contribution in [0, 0.1) is 0 Å². The zero-order valence-corrected chi connectivity index (χ0v) is 11.8. The Bertz CT molecular complexity index is 436. The molecule has 0 amide bonds. The highest BCUT2D eigenvalue weighted by molar-refractivity contribution is 7.12. The molecule has 0 saturated heterocycles. The number of thiophene rings is 1. The zero-order chi connectivity index (χ0) is 12.1. The van der Waals surface area contributed by atoms with Gasteiger partial charge in [-0.3, -0.25) is 0 Å². The Morgan fingerprint density at radius 3 is 2.71 bits per heavy atom. The van der Waals surface area contributed by atoms with E-state index < -0.39 is 0 Å². The minimum atomic E-state index is 0.294. The number of nitrogens with one attached hydrogen (secondary N) is 1. The summed E-state index contributed by atoms with van der Waals surface area (Å²) in [6.07, 6.45) is 2.12. The lowest BCUT2D eigenvalue weighted by molar-refractivity contribution is 0.539. The summed E-state index contributed by atoms with van der Waals surface area (Å²) in [5.41, 5.74) is 1.06. The van der Waals surface area contributed by atoms with Gasteiger partial charge in [-0.25, -0.2) is 0 Å². The SMILES string of the molecule is CCNC(Cc1ccc(CC)s1)c1csnn1. The molecule has 2 aromatic rings. The van der Waals surface area contributed by atoms with Gasteiger partial charge in [0, 0.05) is 21.6 Å². The average Bonchev–Trinajstić information content (AvgIpc) is 2.99. The van der Waals surface area contributed by atoms with Crippen molar-refractivity contribution in [3.8, 4) is 0 Å². The van der Waals surface area contributed by atoms with Crippen LogP contribution in [0.2, 0.25) is 0 Å². The molecule has 1 atom stereocenters. The van der Waals surface area contributed by atoms with Crippen molar-refractivity contribution in [1.82, 2.24) is 14.9 Å². The van der Waals surface area contributed by atoms with Gasteiger partial charge in [-0.2, -0.15) is 0 Å². The number of aryl methyl sites for hydroxylation is 1. The Hall–Kier alpha value is -0.780. The van der Waals surface area contributed by atoms with Crippen molar-refractivity contribution in [2.24, 2.45) is 0 Å². The first-order valence-electron chi connectivity index (χ1n) is 5.91. The summed E-state index contributed by atoms with van der Waals surface area (Å²) in [7, 11) is 0. The molecule has 0 aliphatic rings. The van der Waals surface area contributed by atoms with Crippen molar-refractivity contribution >= 4 is 22.9 Å². The largest absolute Gasteiger partial charge is 0.309 e. The van der Waals surface area contributed by atoms with E-state index >= 15 is 0 Å². The molecular formula is C12H17N3S2. The Kier molecular flexibility index (Phi) is 4.65. The fourth-order valence-electron chi connectivity index (χ4n) is 1.77. The first-order chi connectivity index (χ1) is 8.33. The maximum Gasteiger partial charge on any atom is 0.0928 e. The monoisotopic (exact) mass is 267 g/mol. The van der Waals surface area contributed by atoms with Gasteiger partial charge in [-0.15, -0.1) is 16.4 Å². The third-order valence-electron chi connectivity index (χ3n) is 2.66. The van der Waals surface area contributed by atoms with E-state index in [4.69, 9.17) is 0 Å². The van der Waals surface area contributed by atoms with E-state index in [-0.39, 0.29) is 0 Å². The van der Waals surface area contributed by atoms with E-state index in [0.717, 1.165) is 25.1 Å². The molecule has 3 nitrogen and oxygen atoms in total. The van der Waals surface area contributed by atoms with Gasteiger partial charge in [0.25, 0.3) is 0 Å². The van der Waals surface area contributed by atoms with Crippen LogP contribution in [0.3, 0.4) is 0 Å². The summed E-state index contributed by atoms with van der Waals surface area (Å²) in [4.78, 5) is 2.87. The van der Waals surface area contributed by atoms with Gasteiger partial charge >= 0.3 is 0 Å². The fourth-order valence-corrected chi connectivity index (χ4v) is 3.29. The molecule has 5 heteroatoms. The quantitative estimate of drug-likeness (QED) is 0.874. The molecule has 2 aromatic heterocycles. The van der Waals surface area contributed by atoms with Gasteiger partial charge in [0.05, 0.1) is 11.7 Å². The maximum atomic E-state index is 4.17. The molecule has 0 aromatic carbocycles. The first kappa shape index (κ1) is 12.7. The predicted molar refractivity (Wildman–Crippen MR) is 73.7 cm³/mol. The Morgan fingerprint density at radius 1 is 1.29 bits per heavy atom. The summed E-state index contributed by atoms with van der Waals surface area (Å²) >= 11 is 3.32. The van der Waals surface area contributed by atoms with Crippen molar-refractivity contribution in [3.63, 3.8) is 0 Å². The van der Waals surface area contributed by atoms with Crippen LogP contribution in [0.4, 0.5) is 0 Å². The highest BCUT2D eigenvalue weighted by atomic mass is 32.1.